The first kappa shape index (κ1) is 12.9. The van der Waals surface area contributed by atoms with Crippen LogP contribution in [0.3, 0.4) is 0 Å². The smallest absolute Gasteiger partial charge is 0.233 e. The molecule has 2 rings (SSSR count). The van der Waals surface area contributed by atoms with Gasteiger partial charge in [0.15, 0.2) is 0 Å². The second-order valence-electron chi connectivity index (χ2n) is 3.66. The largest absolute Gasteiger partial charge is 0.284 e. The van der Waals surface area contributed by atoms with Crippen LogP contribution in [0.4, 0.5) is 5.69 Å². The second-order valence-corrected chi connectivity index (χ2v) is 5.88. The average Bonchev–Trinajstić information content (AvgIpc) is 2.82. The fourth-order valence-electron chi connectivity index (χ4n) is 1.47. The van der Waals surface area contributed by atoms with Crippen LogP contribution in [0.5, 0.6) is 0 Å². The Labute approximate surface area is 110 Å². The molecule has 18 heavy (non-hydrogen) atoms. The number of hydrogen-bond donors (Lipinski definition) is 2. The van der Waals surface area contributed by atoms with E-state index < -0.39 is 10.0 Å². The summed E-state index contributed by atoms with van der Waals surface area (Å²) in [6.07, 6.45) is 1.66. The highest BCUT2D eigenvalue weighted by Crippen LogP contribution is 2.19. The molecule has 0 radical (unpaired) electrons. The third kappa shape index (κ3) is 3.24. The number of aromatic amines is 1. The first-order chi connectivity index (χ1) is 8.61. The summed E-state index contributed by atoms with van der Waals surface area (Å²) in [6, 6.07) is 8.86. The van der Waals surface area contributed by atoms with Crippen LogP contribution in [0.1, 0.15) is 0 Å². The molecule has 0 saturated heterocycles. The number of hydrogen-bond acceptors (Lipinski definition) is 3. The Bertz CT molecular complexity index is 594. The molecule has 1 aromatic heterocycles. The Kier molecular flexibility index (Phi) is 3.88. The van der Waals surface area contributed by atoms with E-state index in [-0.39, 0.29) is 11.6 Å². The minimum Gasteiger partial charge on any atom is -0.284 e. The lowest BCUT2D eigenvalue weighted by molar-refractivity contribution is 0.602. The number of sulfonamides is 1. The Morgan fingerprint density at radius 2 is 1.94 bits per heavy atom. The average molecular weight is 286 g/mol. The zero-order valence-corrected chi connectivity index (χ0v) is 11.0. The maximum Gasteiger partial charge on any atom is 0.233 e. The zero-order valence-electron chi connectivity index (χ0n) is 9.43. The van der Waals surface area contributed by atoms with Crippen LogP contribution in [0.25, 0.3) is 11.3 Å². The van der Waals surface area contributed by atoms with Gasteiger partial charge in [-0.3, -0.25) is 9.82 Å². The SMILES string of the molecule is O=S(=O)(CCCl)Nc1ccc(-c2ccn[nH]2)cc1. The van der Waals surface area contributed by atoms with Crippen molar-refractivity contribution in [3.05, 3.63) is 36.5 Å². The van der Waals surface area contributed by atoms with Crippen LogP contribution < -0.4 is 4.72 Å². The normalized spacial score (nSPS) is 11.4. The molecule has 0 aliphatic rings. The molecule has 7 heteroatoms. The van der Waals surface area contributed by atoms with Crippen molar-refractivity contribution >= 4 is 27.3 Å². The van der Waals surface area contributed by atoms with Crippen LogP contribution in [-0.4, -0.2) is 30.2 Å². The molecule has 0 spiro atoms. The van der Waals surface area contributed by atoms with Crippen LogP contribution in [-0.2, 0) is 10.0 Å². The van der Waals surface area contributed by atoms with Gasteiger partial charge in [-0.25, -0.2) is 8.42 Å². The number of H-pyrrole nitrogens is 1. The van der Waals surface area contributed by atoms with Crippen molar-refractivity contribution < 1.29 is 8.42 Å². The third-order valence-electron chi connectivity index (χ3n) is 2.32. The summed E-state index contributed by atoms with van der Waals surface area (Å²) in [6.45, 7) is 0. The summed E-state index contributed by atoms with van der Waals surface area (Å²) < 4.78 is 25.5. The Balaban J connectivity index is 2.14. The van der Waals surface area contributed by atoms with Crippen LogP contribution in [0.2, 0.25) is 0 Å². The van der Waals surface area contributed by atoms with E-state index in [2.05, 4.69) is 14.9 Å². The molecular formula is C11H12ClN3O2S. The maximum absolute atomic E-state index is 11.5. The number of halogens is 1. The molecule has 0 bridgehead atoms. The molecular weight excluding hydrogens is 274 g/mol. The van der Waals surface area contributed by atoms with E-state index in [1.165, 1.54) is 0 Å². The highest BCUT2D eigenvalue weighted by Gasteiger charge is 2.09. The van der Waals surface area contributed by atoms with Crippen LogP contribution >= 0.6 is 11.6 Å². The lowest BCUT2D eigenvalue weighted by Crippen LogP contribution is -2.17. The molecule has 5 nitrogen and oxygen atoms in total. The first-order valence-corrected chi connectivity index (χ1v) is 7.46. The number of rotatable bonds is 5. The van der Waals surface area contributed by atoms with Crippen molar-refractivity contribution in [2.24, 2.45) is 0 Å². The van der Waals surface area contributed by atoms with Gasteiger partial charge in [0, 0.05) is 17.8 Å². The molecule has 0 atom stereocenters. The van der Waals surface area contributed by atoms with Gasteiger partial charge in [0.1, 0.15) is 0 Å². The number of benzene rings is 1. The van der Waals surface area contributed by atoms with Crippen molar-refractivity contribution in [3.63, 3.8) is 0 Å². The number of nitrogens with zero attached hydrogens (tertiary/aromatic N) is 1. The highest BCUT2D eigenvalue weighted by molar-refractivity contribution is 7.92. The van der Waals surface area contributed by atoms with Gasteiger partial charge in [0.25, 0.3) is 0 Å². The van der Waals surface area contributed by atoms with Crippen molar-refractivity contribution in [2.45, 2.75) is 0 Å². The predicted octanol–water partition coefficient (Wildman–Crippen LogP) is 2.06. The molecule has 0 unspecified atom stereocenters. The van der Waals surface area contributed by atoms with Gasteiger partial charge >= 0.3 is 0 Å². The lowest BCUT2D eigenvalue weighted by Gasteiger charge is -2.07. The molecule has 0 saturated carbocycles. The molecule has 0 aliphatic carbocycles. The van der Waals surface area contributed by atoms with Crippen molar-refractivity contribution in [3.8, 4) is 11.3 Å². The summed E-state index contributed by atoms with van der Waals surface area (Å²) in [4.78, 5) is 0. The van der Waals surface area contributed by atoms with E-state index in [1.54, 1.807) is 18.3 Å². The first-order valence-electron chi connectivity index (χ1n) is 5.27. The second kappa shape index (κ2) is 5.41. The van der Waals surface area contributed by atoms with Gasteiger partial charge in [-0.15, -0.1) is 11.6 Å². The number of nitrogens with one attached hydrogen (secondary N) is 2. The predicted molar refractivity (Wildman–Crippen MR) is 72.2 cm³/mol. The van der Waals surface area contributed by atoms with Crippen LogP contribution in [0.15, 0.2) is 36.5 Å². The lowest BCUT2D eigenvalue weighted by atomic mass is 10.1. The van der Waals surface area contributed by atoms with Gasteiger partial charge in [-0.05, 0) is 23.8 Å². The van der Waals surface area contributed by atoms with Crippen molar-refractivity contribution in [1.82, 2.24) is 10.2 Å². The van der Waals surface area contributed by atoms with Gasteiger partial charge in [0.05, 0.1) is 11.4 Å². The van der Waals surface area contributed by atoms with Gasteiger partial charge in [0.2, 0.25) is 10.0 Å². The molecule has 1 heterocycles. The summed E-state index contributed by atoms with van der Waals surface area (Å²) >= 11 is 5.41. The van der Waals surface area contributed by atoms with Gasteiger partial charge in [-0.2, -0.15) is 5.10 Å². The van der Waals surface area contributed by atoms with Gasteiger partial charge < -0.3 is 0 Å². The fraction of sp³-hybridized carbons (Fsp3) is 0.182. The quantitative estimate of drug-likeness (QED) is 0.826. The molecule has 0 aliphatic heterocycles. The van der Waals surface area contributed by atoms with E-state index in [0.717, 1.165) is 11.3 Å². The monoisotopic (exact) mass is 285 g/mol. The van der Waals surface area contributed by atoms with E-state index in [9.17, 15) is 8.42 Å². The molecule has 0 amide bonds. The molecule has 96 valence electrons. The summed E-state index contributed by atoms with van der Waals surface area (Å²) in [5.74, 6) is -0.0293. The molecule has 2 N–H and O–H groups in total. The molecule has 0 fully saturated rings. The topological polar surface area (TPSA) is 74.8 Å². The standard InChI is InChI=1S/C11H12ClN3O2S/c12-6-8-18(16,17)15-10-3-1-9(2-4-10)11-5-7-13-14-11/h1-5,7,15H,6,8H2,(H,13,14). The zero-order chi connectivity index (χ0) is 13.0. The maximum atomic E-state index is 11.5. The van der Waals surface area contributed by atoms with E-state index in [4.69, 9.17) is 11.6 Å². The Morgan fingerprint density at radius 1 is 1.22 bits per heavy atom. The number of anilines is 1. The van der Waals surface area contributed by atoms with E-state index >= 15 is 0 Å². The third-order valence-corrected chi connectivity index (χ3v) is 4.02. The minimum atomic E-state index is -3.35. The fourth-order valence-corrected chi connectivity index (χ4v) is 2.88. The van der Waals surface area contributed by atoms with E-state index in [1.807, 2.05) is 18.2 Å². The molecule has 1 aromatic carbocycles. The minimum absolute atomic E-state index is 0.0710. The summed E-state index contributed by atoms with van der Waals surface area (Å²) in [5.41, 5.74) is 2.33. The number of aromatic nitrogens is 2. The summed E-state index contributed by atoms with van der Waals surface area (Å²) in [7, 11) is -3.35. The van der Waals surface area contributed by atoms with Crippen molar-refractivity contribution in [1.29, 1.82) is 0 Å². The molecule has 2 aromatic rings. The summed E-state index contributed by atoms with van der Waals surface area (Å²) in [5, 5.41) is 6.69. The Morgan fingerprint density at radius 3 is 2.50 bits per heavy atom. The van der Waals surface area contributed by atoms with Gasteiger partial charge in [-0.1, -0.05) is 12.1 Å². The van der Waals surface area contributed by atoms with Crippen molar-refractivity contribution in [2.75, 3.05) is 16.4 Å². The van der Waals surface area contributed by atoms with E-state index in [0.29, 0.717) is 5.69 Å². The number of alkyl halides is 1. The van der Waals surface area contributed by atoms with Crippen LogP contribution in [0, 0.1) is 0 Å². The Hall–Kier alpha value is -1.53. The highest BCUT2D eigenvalue weighted by atomic mass is 35.5.